The summed E-state index contributed by atoms with van der Waals surface area (Å²) < 4.78 is 68.5. The third kappa shape index (κ3) is 67.3. The molecule has 0 aliphatic rings. The number of hydrogen-bond acceptors (Lipinski definition) is 15. The van der Waals surface area contributed by atoms with Crippen LogP contribution in [0.3, 0.4) is 0 Å². The fourth-order valence-corrected chi connectivity index (χ4v) is 13.0. The fourth-order valence-electron chi connectivity index (χ4n) is 11.4. The number of hydrogen-bond donors (Lipinski definition) is 3. The van der Waals surface area contributed by atoms with E-state index in [1.54, 1.807) is 0 Å². The van der Waals surface area contributed by atoms with Crippen molar-refractivity contribution in [2.24, 2.45) is 11.8 Å². The van der Waals surface area contributed by atoms with Gasteiger partial charge in [-0.1, -0.05) is 337 Å². The fraction of sp³-hybridized carbons (Fsp3) is 0.947. The Bertz CT molecular complexity index is 1820. The zero-order valence-corrected chi connectivity index (χ0v) is 63.1. The Morgan fingerprint density at radius 3 is 0.809 bits per heavy atom. The first-order valence-electron chi connectivity index (χ1n) is 39.0. The molecule has 3 N–H and O–H groups in total. The molecule has 0 heterocycles. The summed E-state index contributed by atoms with van der Waals surface area (Å²) in [4.78, 5) is 72.7. The molecule has 0 rings (SSSR count). The van der Waals surface area contributed by atoms with Crippen LogP contribution in [0.5, 0.6) is 0 Å². The van der Waals surface area contributed by atoms with Gasteiger partial charge >= 0.3 is 39.5 Å². The summed E-state index contributed by atoms with van der Waals surface area (Å²) in [5.41, 5.74) is 0. The van der Waals surface area contributed by atoms with Crippen molar-refractivity contribution in [1.29, 1.82) is 0 Å². The Balaban J connectivity index is 5.23. The first-order chi connectivity index (χ1) is 45.4. The minimum Gasteiger partial charge on any atom is -0.462 e. The van der Waals surface area contributed by atoms with Gasteiger partial charge in [0.2, 0.25) is 0 Å². The normalized spacial score (nSPS) is 14.3. The first-order valence-corrected chi connectivity index (χ1v) is 42.0. The lowest BCUT2D eigenvalue weighted by molar-refractivity contribution is -0.161. The number of phosphoric ester groups is 2. The summed E-state index contributed by atoms with van der Waals surface area (Å²) in [5.74, 6) is -0.576. The van der Waals surface area contributed by atoms with Crippen LogP contribution in [0.15, 0.2) is 0 Å². The van der Waals surface area contributed by atoms with Gasteiger partial charge in [0.15, 0.2) is 12.2 Å². The molecule has 94 heavy (non-hydrogen) atoms. The van der Waals surface area contributed by atoms with Gasteiger partial charge in [-0.3, -0.25) is 37.3 Å². The van der Waals surface area contributed by atoms with Gasteiger partial charge in [-0.05, 0) is 37.5 Å². The smallest absolute Gasteiger partial charge is 0.462 e. The number of aliphatic hydroxyl groups excluding tert-OH is 1. The number of unbranched alkanes of at least 4 members (excludes halogenated alkanes) is 43. The van der Waals surface area contributed by atoms with Crippen molar-refractivity contribution in [3.63, 3.8) is 0 Å². The zero-order chi connectivity index (χ0) is 69.3. The molecular weight excluding hydrogens is 1230 g/mol. The minimum atomic E-state index is -4.96. The molecule has 0 aliphatic heterocycles. The molecule has 6 atom stereocenters. The van der Waals surface area contributed by atoms with Crippen LogP contribution in [0, 0.1) is 11.8 Å². The SMILES string of the molecule is CCCCCCCCCCCCCCCCC(=O)OC[C@H](COP(=O)(O)OC[C@@H](O)COP(=O)(O)OC[C@@H](COC(=O)CCCCCCCCC(C)CC)OC(=O)CCCCCCCCCCCCC)OC(=O)CCCCCCCCCCCCCCCCCCC(C)C. The molecule has 0 fully saturated rings. The number of phosphoric acid groups is 2. The van der Waals surface area contributed by atoms with Crippen LogP contribution in [-0.2, 0) is 65.4 Å². The van der Waals surface area contributed by atoms with Crippen molar-refractivity contribution < 1.29 is 80.2 Å². The molecule has 0 aliphatic carbocycles. The quantitative estimate of drug-likeness (QED) is 0.0222. The van der Waals surface area contributed by atoms with Crippen molar-refractivity contribution in [2.75, 3.05) is 39.6 Å². The van der Waals surface area contributed by atoms with Crippen molar-refractivity contribution in [3.8, 4) is 0 Å². The van der Waals surface area contributed by atoms with Gasteiger partial charge in [0.1, 0.15) is 19.3 Å². The second-order valence-corrected chi connectivity index (χ2v) is 30.7. The van der Waals surface area contributed by atoms with E-state index in [0.717, 1.165) is 108 Å². The Morgan fingerprint density at radius 1 is 0.309 bits per heavy atom. The van der Waals surface area contributed by atoms with Crippen molar-refractivity contribution in [1.82, 2.24) is 0 Å². The average molecular weight is 1380 g/mol. The summed E-state index contributed by atoms with van der Waals surface area (Å²) in [6, 6.07) is 0. The van der Waals surface area contributed by atoms with Crippen molar-refractivity contribution >= 4 is 39.5 Å². The maximum atomic E-state index is 13.1. The van der Waals surface area contributed by atoms with Crippen LogP contribution in [0.1, 0.15) is 388 Å². The minimum absolute atomic E-state index is 0.106. The zero-order valence-electron chi connectivity index (χ0n) is 61.3. The van der Waals surface area contributed by atoms with Crippen LogP contribution in [0.4, 0.5) is 0 Å². The predicted molar refractivity (Wildman–Crippen MR) is 381 cm³/mol. The third-order valence-corrected chi connectivity index (χ3v) is 19.7. The van der Waals surface area contributed by atoms with Crippen LogP contribution in [0.2, 0.25) is 0 Å². The summed E-state index contributed by atoms with van der Waals surface area (Å²) in [6.07, 6.45) is 54.1. The molecule has 0 saturated heterocycles. The third-order valence-electron chi connectivity index (χ3n) is 17.8. The largest absolute Gasteiger partial charge is 0.472 e. The van der Waals surface area contributed by atoms with E-state index in [9.17, 15) is 43.2 Å². The van der Waals surface area contributed by atoms with Gasteiger partial charge in [0.25, 0.3) is 0 Å². The Labute approximate surface area is 575 Å². The number of carbonyl (C=O) groups excluding carboxylic acids is 4. The van der Waals surface area contributed by atoms with Crippen LogP contribution < -0.4 is 0 Å². The van der Waals surface area contributed by atoms with Crippen molar-refractivity contribution in [3.05, 3.63) is 0 Å². The van der Waals surface area contributed by atoms with Gasteiger partial charge in [0, 0.05) is 25.7 Å². The number of esters is 4. The van der Waals surface area contributed by atoms with E-state index >= 15 is 0 Å². The lowest BCUT2D eigenvalue weighted by Crippen LogP contribution is -2.30. The van der Waals surface area contributed by atoms with E-state index in [2.05, 4.69) is 41.5 Å². The molecule has 558 valence electrons. The van der Waals surface area contributed by atoms with E-state index in [1.165, 1.54) is 199 Å². The average Bonchev–Trinajstić information content (AvgIpc) is 1.79. The molecule has 0 aromatic rings. The van der Waals surface area contributed by atoms with E-state index in [0.29, 0.717) is 25.7 Å². The highest BCUT2D eigenvalue weighted by Crippen LogP contribution is 2.45. The number of aliphatic hydroxyl groups is 1. The molecule has 0 saturated carbocycles. The lowest BCUT2D eigenvalue weighted by atomic mass is 10.00. The highest BCUT2D eigenvalue weighted by molar-refractivity contribution is 7.47. The number of carbonyl (C=O) groups is 4. The van der Waals surface area contributed by atoms with Crippen LogP contribution in [-0.4, -0.2) is 96.7 Å². The predicted octanol–water partition coefficient (Wildman–Crippen LogP) is 21.9. The van der Waals surface area contributed by atoms with Crippen molar-refractivity contribution in [2.45, 2.75) is 407 Å². The maximum absolute atomic E-state index is 13.1. The summed E-state index contributed by atoms with van der Waals surface area (Å²) in [5, 5.41) is 10.6. The van der Waals surface area contributed by atoms with Crippen LogP contribution in [0.25, 0.3) is 0 Å². The molecule has 0 amide bonds. The van der Waals surface area contributed by atoms with E-state index < -0.39 is 97.5 Å². The highest BCUT2D eigenvalue weighted by Gasteiger charge is 2.30. The molecule has 19 heteroatoms. The molecular formula is C75H146O17P2. The molecule has 3 unspecified atom stereocenters. The van der Waals surface area contributed by atoms with E-state index in [4.69, 9.17) is 37.0 Å². The van der Waals surface area contributed by atoms with Gasteiger partial charge in [-0.25, -0.2) is 9.13 Å². The van der Waals surface area contributed by atoms with Gasteiger partial charge in [-0.15, -0.1) is 0 Å². The number of ether oxygens (including phenoxy) is 4. The van der Waals surface area contributed by atoms with Crippen LogP contribution >= 0.6 is 15.6 Å². The summed E-state index contributed by atoms with van der Waals surface area (Å²) in [7, 11) is -9.91. The molecule has 17 nitrogen and oxygen atoms in total. The summed E-state index contributed by atoms with van der Waals surface area (Å²) >= 11 is 0. The topological polar surface area (TPSA) is 237 Å². The Morgan fingerprint density at radius 2 is 0.543 bits per heavy atom. The Kier molecular flexibility index (Phi) is 65.5. The molecule has 0 aromatic heterocycles. The second kappa shape index (κ2) is 66.9. The highest BCUT2D eigenvalue weighted by atomic mass is 31.2. The monoisotopic (exact) mass is 1380 g/mol. The first kappa shape index (κ1) is 92.1. The summed E-state index contributed by atoms with van der Waals surface area (Å²) in [6.45, 7) is 9.58. The number of rotatable bonds is 74. The van der Waals surface area contributed by atoms with E-state index in [1.807, 2.05) is 0 Å². The van der Waals surface area contributed by atoms with Gasteiger partial charge in [0.05, 0.1) is 26.4 Å². The van der Waals surface area contributed by atoms with Gasteiger partial charge in [-0.2, -0.15) is 0 Å². The maximum Gasteiger partial charge on any atom is 0.472 e. The Hall–Kier alpha value is -1.94. The lowest BCUT2D eigenvalue weighted by Gasteiger charge is -2.21. The molecule has 0 aromatic carbocycles. The standard InChI is InChI=1S/C75H146O17P2/c1-7-10-12-14-16-18-20-21-27-31-34-38-45-51-57-72(77)85-63-70(91-75(80)60-54-48-40-36-32-28-25-23-22-24-26-30-33-37-43-49-55-67(4)5)65-89-93(81,82)87-61-69(76)62-88-94(83,84)90-66-71(64-86-73(78)58-52-46-42-41-44-50-56-68(6)9-3)92-74(79)59-53-47-39-35-29-19-17-15-13-11-8-2/h67-71,76H,7-66H2,1-6H3,(H,81,82)(H,83,84)/t68?,69-,70-,71-/m1/s1. The second-order valence-electron chi connectivity index (χ2n) is 27.8. The molecule has 0 radical (unpaired) electrons. The molecule has 0 spiro atoms. The van der Waals surface area contributed by atoms with E-state index in [-0.39, 0.29) is 25.7 Å². The molecule has 0 bridgehead atoms. The van der Waals surface area contributed by atoms with Gasteiger partial charge < -0.3 is 33.8 Å².